The van der Waals surface area contributed by atoms with Crippen molar-refractivity contribution in [3.63, 3.8) is 0 Å². The summed E-state index contributed by atoms with van der Waals surface area (Å²) in [6.45, 7) is 0.774. The highest BCUT2D eigenvalue weighted by atomic mass is 32.2. The summed E-state index contributed by atoms with van der Waals surface area (Å²) in [6.07, 6.45) is 5.90. The van der Waals surface area contributed by atoms with Crippen LogP contribution in [0, 0.1) is 0 Å². The predicted molar refractivity (Wildman–Crippen MR) is 84.4 cm³/mol. The van der Waals surface area contributed by atoms with Crippen LogP contribution >= 0.6 is 11.8 Å². The molecule has 0 spiro atoms. The number of thioether (sulfide) groups is 1. The maximum Gasteiger partial charge on any atom is 0.224 e. The van der Waals surface area contributed by atoms with E-state index in [0.29, 0.717) is 6.42 Å². The topological polar surface area (TPSA) is 38.3 Å². The van der Waals surface area contributed by atoms with Gasteiger partial charge in [0.2, 0.25) is 5.91 Å². The van der Waals surface area contributed by atoms with Gasteiger partial charge in [-0.05, 0) is 30.5 Å². The summed E-state index contributed by atoms with van der Waals surface area (Å²) >= 11 is 2.01. The van der Waals surface area contributed by atoms with Gasteiger partial charge in [-0.3, -0.25) is 4.79 Å². The van der Waals surface area contributed by atoms with Crippen molar-refractivity contribution < 1.29 is 9.53 Å². The van der Waals surface area contributed by atoms with Crippen molar-refractivity contribution in [3.05, 3.63) is 29.8 Å². The van der Waals surface area contributed by atoms with Crippen molar-refractivity contribution in [1.82, 2.24) is 5.32 Å². The fraction of sp³-hybridized carbons (Fsp3) is 0.562. The Morgan fingerprint density at radius 1 is 1.30 bits per heavy atom. The molecule has 1 aliphatic carbocycles. The van der Waals surface area contributed by atoms with E-state index in [1.807, 2.05) is 36.0 Å². The Labute approximate surface area is 125 Å². The molecule has 0 aliphatic heterocycles. The quantitative estimate of drug-likeness (QED) is 0.785. The van der Waals surface area contributed by atoms with Gasteiger partial charge < -0.3 is 10.1 Å². The Bertz CT molecular complexity index is 413. The minimum Gasteiger partial charge on any atom is -0.497 e. The highest BCUT2D eigenvalue weighted by Gasteiger charge is 2.14. The van der Waals surface area contributed by atoms with Gasteiger partial charge in [-0.15, -0.1) is 0 Å². The average Bonchev–Trinajstić information content (AvgIpc) is 2.98. The van der Waals surface area contributed by atoms with E-state index in [1.54, 1.807) is 7.11 Å². The first-order chi connectivity index (χ1) is 9.78. The second-order valence-corrected chi connectivity index (χ2v) is 6.56. The molecule has 1 saturated carbocycles. The lowest BCUT2D eigenvalue weighted by atomic mass is 10.1. The Hall–Kier alpha value is -1.16. The Morgan fingerprint density at radius 3 is 2.65 bits per heavy atom. The zero-order chi connectivity index (χ0) is 14.2. The number of ether oxygens (including phenoxy) is 1. The van der Waals surface area contributed by atoms with Crippen LogP contribution in [-0.2, 0) is 11.2 Å². The van der Waals surface area contributed by atoms with Crippen molar-refractivity contribution >= 4 is 17.7 Å². The van der Waals surface area contributed by atoms with Crippen molar-refractivity contribution in [2.75, 3.05) is 19.4 Å². The van der Waals surface area contributed by atoms with Crippen LogP contribution in [0.1, 0.15) is 31.2 Å². The van der Waals surface area contributed by atoms with Gasteiger partial charge in [0, 0.05) is 17.5 Å². The van der Waals surface area contributed by atoms with Gasteiger partial charge >= 0.3 is 0 Å². The number of benzene rings is 1. The zero-order valence-electron chi connectivity index (χ0n) is 12.1. The van der Waals surface area contributed by atoms with E-state index in [-0.39, 0.29) is 5.91 Å². The van der Waals surface area contributed by atoms with Gasteiger partial charge in [-0.2, -0.15) is 11.8 Å². The van der Waals surface area contributed by atoms with Crippen molar-refractivity contribution in [2.24, 2.45) is 0 Å². The zero-order valence-corrected chi connectivity index (χ0v) is 12.9. The third kappa shape index (κ3) is 5.08. The van der Waals surface area contributed by atoms with Gasteiger partial charge in [-0.1, -0.05) is 25.0 Å². The first-order valence-corrected chi connectivity index (χ1v) is 8.34. The highest BCUT2D eigenvalue weighted by Crippen LogP contribution is 2.28. The van der Waals surface area contributed by atoms with E-state index < -0.39 is 0 Å². The summed E-state index contributed by atoms with van der Waals surface area (Å²) in [5.74, 6) is 1.95. The summed E-state index contributed by atoms with van der Waals surface area (Å²) in [7, 11) is 1.64. The van der Waals surface area contributed by atoms with E-state index in [1.165, 1.54) is 25.7 Å². The van der Waals surface area contributed by atoms with Gasteiger partial charge in [0.1, 0.15) is 5.75 Å². The molecular formula is C16H23NO2S. The number of rotatable bonds is 7. The summed E-state index contributed by atoms with van der Waals surface area (Å²) in [5, 5.41) is 3.82. The summed E-state index contributed by atoms with van der Waals surface area (Å²) in [5.41, 5.74) is 1.02. The van der Waals surface area contributed by atoms with E-state index in [9.17, 15) is 4.79 Å². The molecule has 0 heterocycles. The Kier molecular flexibility index (Phi) is 6.25. The molecule has 0 unspecified atom stereocenters. The largest absolute Gasteiger partial charge is 0.497 e. The lowest BCUT2D eigenvalue weighted by Gasteiger charge is -2.09. The summed E-state index contributed by atoms with van der Waals surface area (Å²) < 4.78 is 5.10. The molecule has 1 aromatic carbocycles. The standard InChI is InChI=1S/C16H23NO2S/c1-19-14-8-6-13(7-9-14)12-16(18)17-10-11-20-15-4-2-3-5-15/h6-9,15H,2-5,10-12H2,1H3,(H,17,18). The smallest absolute Gasteiger partial charge is 0.224 e. The lowest BCUT2D eigenvalue weighted by molar-refractivity contribution is -0.120. The molecule has 1 amide bonds. The first kappa shape index (κ1) is 15.2. The summed E-state index contributed by atoms with van der Waals surface area (Å²) in [4.78, 5) is 11.8. The Morgan fingerprint density at radius 2 is 2.00 bits per heavy atom. The van der Waals surface area contributed by atoms with E-state index >= 15 is 0 Å². The monoisotopic (exact) mass is 293 g/mol. The second kappa shape index (κ2) is 8.20. The Balaban J connectivity index is 1.61. The van der Waals surface area contributed by atoms with Gasteiger partial charge in [-0.25, -0.2) is 0 Å². The fourth-order valence-corrected chi connectivity index (χ4v) is 3.68. The molecule has 0 saturated heterocycles. The van der Waals surface area contributed by atoms with Crippen molar-refractivity contribution in [2.45, 2.75) is 37.4 Å². The first-order valence-electron chi connectivity index (χ1n) is 7.29. The van der Waals surface area contributed by atoms with Gasteiger partial charge in [0.15, 0.2) is 0 Å². The lowest BCUT2D eigenvalue weighted by Crippen LogP contribution is -2.27. The number of carbonyl (C=O) groups excluding carboxylic acids is 1. The third-order valence-electron chi connectivity index (χ3n) is 3.60. The maximum absolute atomic E-state index is 11.8. The molecule has 1 aromatic rings. The van der Waals surface area contributed by atoms with Crippen LogP contribution in [0.5, 0.6) is 5.75 Å². The van der Waals surface area contributed by atoms with E-state index in [0.717, 1.165) is 28.9 Å². The van der Waals surface area contributed by atoms with Gasteiger partial charge in [0.25, 0.3) is 0 Å². The normalized spacial score (nSPS) is 15.2. The molecule has 1 fully saturated rings. The molecule has 1 N–H and O–H groups in total. The molecule has 0 bridgehead atoms. The maximum atomic E-state index is 11.8. The second-order valence-electron chi connectivity index (χ2n) is 5.15. The SMILES string of the molecule is COc1ccc(CC(=O)NCCSC2CCCC2)cc1. The number of carbonyl (C=O) groups is 1. The minimum absolute atomic E-state index is 0.0992. The third-order valence-corrected chi connectivity index (χ3v) is 4.99. The van der Waals surface area contributed by atoms with Gasteiger partial charge in [0.05, 0.1) is 13.5 Å². The molecular weight excluding hydrogens is 270 g/mol. The van der Waals surface area contributed by atoms with E-state index in [2.05, 4.69) is 5.32 Å². The number of amides is 1. The van der Waals surface area contributed by atoms with Crippen LogP contribution in [0.2, 0.25) is 0 Å². The van der Waals surface area contributed by atoms with Crippen LogP contribution < -0.4 is 10.1 Å². The number of nitrogens with one attached hydrogen (secondary N) is 1. The molecule has 0 radical (unpaired) electrons. The number of methoxy groups -OCH3 is 1. The number of hydrogen-bond donors (Lipinski definition) is 1. The van der Waals surface area contributed by atoms with Crippen LogP contribution in [0.25, 0.3) is 0 Å². The molecule has 4 heteroatoms. The molecule has 110 valence electrons. The van der Waals surface area contributed by atoms with Crippen molar-refractivity contribution in [3.8, 4) is 5.75 Å². The molecule has 20 heavy (non-hydrogen) atoms. The average molecular weight is 293 g/mol. The highest BCUT2D eigenvalue weighted by molar-refractivity contribution is 7.99. The summed E-state index contributed by atoms with van der Waals surface area (Å²) in [6, 6.07) is 7.65. The fourth-order valence-electron chi connectivity index (χ4n) is 2.46. The molecule has 0 aromatic heterocycles. The van der Waals surface area contributed by atoms with Crippen LogP contribution in [0.3, 0.4) is 0 Å². The van der Waals surface area contributed by atoms with Crippen LogP contribution in [0.15, 0.2) is 24.3 Å². The predicted octanol–water partition coefficient (Wildman–Crippen LogP) is 3.03. The molecule has 0 atom stereocenters. The number of hydrogen-bond acceptors (Lipinski definition) is 3. The van der Waals surface area contributed by atoms with Crippen molar-refractivity contribution in [1.29, 1.82) is 0 Å². The van der Waals surface area contributed by atoms with Crippen LogP contribution in [0.4, 0.5) is 0 Å². The molecule has 1 aliphatic rings. The minimum atomic E-state index is 0.0992. The molecule has 2 rings (SSSR count). The molecule has 3 nitrogen and oxygen atoms in total. The van der Waals surface area contributed by atoms with E-state index in [4.69, 9.17) is 4.74 Å². The van der Waals surface area contributed by atoms with Crippen LogP contribution in [-0.4, -0.2) is 30.6 Å².